The number of carbonyl (C=O) groups excluding carboxylic acids is 1. The molecule has 6 N–H and O–H groups in total. The maximum absolute atomic E-state index is 13.0. The first-order chi connectivity index (χ1) is 32.8. The summed E-state index contributed by atoms with van der Waals surface area (Å²) in [6, 6.07) is -0.831. The fourth-order valence-corrected chi connectivity index (χ4v) is 8.83. The molecule has 7 unspecified atom stereocenters. The minimum atomic E-state index is -1.58. The lowest BCUT2D eigenvalue weighted by molar-refractivity contribution is -0.302. The van der Waals surface area contributed by atoms with Crippen molar-refractivity contribution in [1.29, 1.82) is 0 Å². The van der Waals surface area contributed by atoms with Gasteiger partial charge in [-0.2, -0.15) is 0 Å². The zero-order valence-electron chi connectivity index (χ0n) is 43.4. The fourth-order valence-electron chi connectivity index (χ4n) is 8.83. The smallest absolute Gasteiger partial charge is 0.220 e. The molecular formula is C58H107NO8. The van der Waals surface area contributed by atoms with Gasteiger partial charge in [-0.1, -0.05) is 229 Å². The van der Waals surface area contributed by atoms with Crippen molar-refractivity contribution < 1.29 is 39.8 Å². The van der Waals surface area contributed by atoms with Crippen molar-refractivity contribution in [1.82, 2.24) is 5.32 Å². The third-order valence-electron chi connectivity index (χ3n) is 13.4. The first-order valence-corrected chi connectivity index (χ1v) is 28.4. The van der Waals surface area contributed by atoms with Crippen LogP contribution in [0.2, 0.25) is 0 Å². The van der Waals surface area contributed by atoms with Crippen molar-refractivity contribution in [2.75, 3.05) is 13.2 Å². The number of hydrogen-bond acceptors (Lipinski definition) is 8. The van der Waals surface area contributed by atoms with Crippen LogP contribution >= 0.6 is 0 Å². The van der Waals surface area contributed by atoms with Crippen LogP contribution in [0.25, 0.3) is 0 Å². The summed E-state index contributed by atoms with van der Waals surface area (Å²) in [6.07, 6.45) is 56.0. The predicted molar refractivity (Wildman–Crippen MR) is 281 cm³/mol. The number of rotatable bonds is 48. The lowest BCUT2D eigenvalue weighted by Crippen LogP contribution is -2.60. The van der Waals surface area contributed by atoms with Crippen molar-refractivity contribution in [3.63, 3.8) is 0 Å². The molecule has 0 aliphatic carbocycles. The van der Waals surface area contributed by atoms with E-state index >= 15 is 0 Å². The number of unbranched alkanes of at least 4 members (excludes halogenated alkanes) is 32. The van der Waals surface area contributed by atoms with Crippen LogP contribution in [0.3, 0.4) is 0 Å². The van der Waals surface area contributed by atoms with Gasteiger partial charge in [0.15, 0.2) is 6.29 Å². The molecule has 1 fully saturated rings. The number of hydrogen-bond donors (Lipinski definition) is 6. The largest absolute Gasteiger partial charge is 0.394 e. The number of carbonyl (C=O) groups is 1. The molecule has 0 spiro atoms. The number of nitrogens with one attached hydrogen (secondary N) is 1. The molecule has 0 aromatic heterocycles. The van der Waals surface area contributed by atoms with E-state index in [9.17, 15) is 30.3 Å². The fraction of sp³-hybridized carbons (Fsp3) is 0.845. The van der Waals surface area contributed by atoms with E-state index in [2.05, 4.69) is 55.6 Å². The molecule has 0 radical (unpaired) electrons. The van der Waals surface area contributed by atoms with E-state index in [1.807, 2.05) is 6.08 Å². The maximum atomic E-state index is 13.0. The van der Waals surface area contributed by atoms with Crippen molar-refractivity contribution in [2.24, 2.45) is 0 Å². The molecule has 0 aromatic carbocycles. The van der Waals surface area contributed by atoms with Crippen LogP contribution in [0.1, 0.15) is 258 Å². The Morgan fingerprint density at radius 1 is 0.493 bits per heavy atom. The SMILES string of the molecule is CCCCCCCCCCCC/C=C/CC/C=C/CC/C=C/C(O)C(COC1OC(CO)C(O)C(O)C1O)NC(=O)CCCCCCCCCC/C=C\CCCCCCCCCCCCCC. The molecule has 0 bridgehead atoms. The van der Waals surface area contributed by atoms with E-state index in [1.54, 1.807) is 6.08 Å². The zero-order valence-corrected chi connectivity index (χ0v) is 43.4. The van der Waals surface area contributed by atoms with Crippen molar-refractivity contribution in [2.45, 2.75) is 301 Å². The molecule has 1 heterocycles. The van der Waals surface area contributed by atoms with Gasteiger partial charge in [-0.3, -0.25) is 4.79 Å². The second-order valence-electron chi connectivity index (χ2n) is 19.7. The Balaban J connectivity index is 2.27. The molecule has 1 saturated heterocycles. The molecule has 9 nitrogen and oxygen atoms in total. The van der Waals surface area contributed by atoms with Gasteiger partial charge >= 0.3 is 0 Å². The molecule has 0 saturated carbocycles. The highest BCUT2D eigenvalue weighted by Gasteiger charge is 2.44. The second kappa shape index (κ2) is 47.8. The Morgan fingerprint density at radius 2 is 0.851 bits per heavy atom. The average molecular weight is 946 g/mol. The first kappa shape index (κ1) is 63.2. The Kier molecular flexibility index (Phi) is 45.1. The summed E-state index contributed by atoms with van der Waals surface area (Å²) in [6.45, 7) is 3.77. The minimum absolute atomic E-state index is 0.192. The van der Waals surface area contributed by atoms with Gasteiger partial charge in [0.25, 0.3) is 0 Å². The Labute approximate surface area is 412 Å². The third kappa shape index (κ3) is 37.6. The van der Waals surface area contributed by atoms with Gasteiger partial charge in [0.05, 0.1) is 25.4 Å². The predicted octanol–water partition coefficient (Wildman–Crippen LogP) is 13.7. The zero-order chi connectivity index (χ0) is 48.7. The van der Waals surface area contributed by atoms with Crippen LogP contribution in [-0.2, 0) is 14.3 Å². The number of amides is 1. The summed E-state index contributed by atoms with van der Waals surface area (Å²) in [5.74, 6) is -0.192. The maximum Gasteiger partial charge on any atom is 0.220 e. The summed E-state index contributed by atoms with van der Waals surface area (Å²) in [5, 5.41) is 54.4. The van der Waals surface area contributed by atoms with E-state index in [-0.39, 0.29) is 12.5 Å². The molecule has 1 aliphatic heterocycles. The molecule has 1 rings (SSSR count). The van der Waals surface area contributed by atoms with Crippen molar-refractivity contribution in [3.8, 4) is 0 Å². The van der Waals surface area contributed by atoms with Crippen LogP contribution in [-0.4, -0.2) is 87.5 Å². The van der Waals surface area contributed by atoms with Crippen LogP contribution in [0.5, 0.6) is 0 Å². The molecule has 7 atom stereocenters. The first-order valence-electron chi connectivity index (χ1n) is 28.4. The molecule has 0 aromatic rings. The monoisotopic (exact) mass is 946 g/mol. The number of ether oxygens (including phenoxy) is 2. The minimum Gasteiger partial charge on any atom is -0.394 e. The van der Waals surface area contributed by atoms with Gasteiger partial charge in [0.2, 0.25) is 5.91 Å². The van der Waals surface area contributed by atoms with E-state index in [1.165, 1.54) is 193 Å². The van der Waals surface area contributed by atoms with Crippen molar-refractivity contribution in [3.05, 3.63) is 48.6 Å². The highest BCUT2D eigenvalue weighted by atomic mass is 16.7. The standard InChI is InChI=1S/C58H107NO8/c1-3-5-7-9-11-13-15-17-19-21-23-25-26-27-28-30-32-34-36-38-40-42-44-46-48-54(62)59-51(50-66-58-57(65)56(64)55(63)53(49-60)67-58)52(61)47-45-43-41-39-37-35-33-31-29-24-22-20-18-16-14-12-10-8-6-4-2/h27-29,31,37,39,45,47,51-53,55-58,60-61,63-65H,3-26,30,32-36,38,40-44,46,48-50H2,1-2H3,(H,59,62)/b28-27-,31-29+,39-37+,47-45+. The van der Waals surface area contributed by atoms with Gasteiger partial charge in [-0.15, -0.1) is 0 Å². The summed E-state index contributed by atoms with van der Waals surface area (Å²) in [4.78, 5) is 13.0. The summed E-state index contributed by atoms with van der Waals surface area (Å²) in [5.41, 5.74) is 0. The number of aliphatic hydroxyl groups excluding tert-OH is 5. The van der Waals surface area contributed by atoms with Crippen LogP contribution < -0.4 is 5.32 Å². The quantitative estimate of drug-likeness (QED) is 0.0261. The Bertz CT molecular complexity index is 1190. The topological polar surface area (TPSA) is 149 Å². The summed E-state index contributed by atoms with van der Waals surface area (Å²) >= 11 is 0. The second-order valence-corrected chi connectivity index (χ2v) is 19.7. The van der Waals surface area contributed by atoms with E-state index in [0.717, 1.165) is 44.9 Å². The highest BCUT2D eigenvalue weighted by molar-refractivity contribution is 5.76. The van der Waals surface area contributed by atoms with Gasteiger partial charge < -0.3 is 40.3 Å². The molecule has 67 heavy (non-hydrogen) atoms. The summed E-state index contributed by atoms with van der Waals surface area (Å²) < 4.78 is 11.2. The van der Waals surface area contributed by atoms with Gasteiger partial charge in [-0.25, -0.2) is 0 Å². The summed E-state index contributed by atoms with van der Waals surface area (Å²) in [7, 11) is 0. The highest BCUT2D eigenvalue weighted by Crippen LogP contribution is 2.23. The lowest BCUT2D eigenvalue weighted by atomic mass is 9.99. The Morgan fingerprint density at radius 3 is 1.25 bits per heavy atom. The van der Waals surface area contributed by atoms with Crippen LogP contribution in [0.15, 0.2) is 48.6 Å². The van der Waals surface area contributed by atoms with Crippen LogP contribution in [0, 0.1) is 0 Å². The van der Waals surface area contributed by atoms with E-state index in [0.29, 0.717) is 6.42 Å². The molecule has 1 aliphatic rings. The molecular weight excluding hydrogens is 839 g/mol. The van der Waals surface area contributed by atoms with Crippen LogP contribution in [0.4, 0.5) is 0 Å². The number of aliphatic hydroxyl groups is 5. The van der Waals surface area contributed by atoms with Gasteiger partial charge in [0.1, 0.15) is 24.4 Å². The average Bonchev–Trinajstić information content (AvgIpc) is 3.33. The van der Waals surface area contributed by atoms with E-state index in [4.69, 9.17) is 9.47 Å². The van der Waals surface area contributed by atoms with E-state index < -0.39 is 49.5 Å². The molecule has 9 heteroatoms. The lowest BCUT2D eigenvalue weighted by Gasteiger charge is -2.40. The number of allylic oxidation sites excluding steroid dienone is 7. The third-order valence-corrected chi connectivity index (χ3v) is 13.4. The van der Waals surface area contributed by atoms with Gasteiger partial charge in [-0.05, 0) is 70.6 Å². The normalized spacial score (nSPS) is 20.0. The Hall–Kier alpha value is -1.85. The van der Waals surface area contributed by atoms with Gasteiger partial charge in [0, 0.05) is 6.42 Å². The van der Waals surface area contributed by atoms with Crippen molar-refractivity contribution >= 4 is 5.91 Å². The molecule has 392 valence electrons. The molecule has 1 amide bonds.